The molecule has 0 rings (SSSR count). The highest BCUT2D eigenvalue weighted by Crippen LogP contribution is 2.01. The van der Waals surface area contributed by atoms with Crippen LogP contribution in [0.2, 0.25) is 0 Å². The van der Waals surface area contributed by atoms with Gasteiger partial charge in [-0.25, -0.2) is 0 Å². The molecule has 1 unspecified atom stereocenters. The monoisotopic (exact) mass is 162 g/mol. The molecule has 0 radical (unpaired) electrons. The first kappa shape index (κ1) is 11.6. The second kappa shape index (κ2) is 3.73. The zero-order valence-corrected chi connectivity index (χ0v) is 5.81. The van der Waals surface area contributed by atoms with Gasteiger partial charge in [-0.15, -0.1) is 3.89 Å². The van der Waals surface area contributed by atoms with Crippen molar-refractivity contribution in [2.24, 2.45) is 0 Å². The van der Waals surface area contributed by atoms with Gasteiger partial charge in [0.25, 0.3) is 0 Å². The van der Waals surface area contributed by atoms with Crippen LogP contribution in [0.25, 0.3) is 0 Å². The molecule has 1 atom stereocenters. The molecule has 0 aromatic carbocycles. The van der Waals surface area contributed by atoms with E-state index in [2.05, 4.69) is 4.74 Å². The van der Waals surface area contributed by atoms with Crippen LogP contribution in [0.4, 0.5) is 8.59 Å². The predicted molar refractivity (Wildman–Crippen MR) is 29.0 cm³/mol. The predicted octanol–water partition coefficient (Wildman–Crippen LogP) is 0.431. The molecular formula is C3H8F2O3S. The third kappa shape index (κ3) is 4.28. The van der Waals surface area contributed by atoms with E-state index in [9.17, 15) is 12.3 Å². The van der Waals surface area contributed by atoms with E-state index in [0.717, 1.165) is 14.0 Å². The molecular weight excluding hydrogens is 154 g/mol. The Labute approximate surface area is 52.4 Å². The molecule has 0 aliphatic rings. The van der Waals surface area contributed by atoms with Gasteiger partial charge < -0.3 is 4.74 Å². The summed E-state index contributed by atoms with van der Waals surface area (Å²) in [5, 5.41) is 0. The normalized spacial score (nSPS) is 14.1. The first-order valence-corrected chi connectivity index (χ1v) is 3.39. The van der Waals surface area contributed by atoms with Crippen molar-refractivity contribution in [2.75, 3.05) is 7.11 Å². The van der Waals surface area contributed by atoms with Gasteiger partial charge in [-0.1, -0.05) is 0 Å². The highest BCUT2D eigenvalue weighted by atomic mass is 32.3. The van der Waals surface area contributed by atoms with Gasteiger partial charge in [-0.05, 0) is 6.92 Å². The summed E-state index contributed by atoms with van der Waals surface area (Å²) in [7, 11) is -3.35. The van der Waals surface area contributed by atoms with Gasteiger partial charge in [0.05, 0.1) is 0 Å². The quantitative estimate of drug-likeness (QED) is 0.553. The topological polar surface area (TPSA) is 43.4 Å². The Morgan fingerprint density at radius 2 is 1.89 bits per heavy atom. The molecule has 0 saturated heterocycles. The van der Waals surface area contributed by atoms with Crippen molar-refractivity contribution in [3.8, 4) is 0 Å². The first-order chi connectivity index (χ1) is 3.48. The molecule has 58 valence electrons. The highest BCUT2D eigenvalue weighted by Gasteiger charge is 2.17. The largest absolute Gasteiger partial charge is 0.363 e. The van der Waals surface area contributed by atoms with Crippen LogP contribution in [0.5, 0.6) is 0 Å². The molecule has 0 N–H and O–H groups in total. The average molecular weight is 162 g/mol. The molecule has 9 heavy (non-hydrogen) atoms. The summed E-state index contributed by atoms with van der Waals surface area (Å²) in [5.74, 6) is 0. The summed E-state index contributed by atoms with van der Waals surface area (Å²) < 4.78 is 35.3. The van der Waals surface area contributed by atoms with Crippen LogP contribution in [-0.4, -0.2) is 21.0 Å². The standard InChI is InChI=1S/C3H7FO3S.FH/c1-3(7-2)8(4,5)6;/h3H,1-2H3;1H. The van der Waals surface area contributed by atoms with Crippen molar-refractivity contribution in [3.63, 3.8) is 0 Å². The zero-order chi connectivity index (χ0) is 6.78. The van der Waals surface area contributed by atoms with Crippen molar-refractivity contribution < 1.29 is 21.7 Å². The maximum atomic E-state index is 11.6. The van der Waals surface area contributed by atoms with Gasteiger partial charge in [-0.2, -0.15) is 8.42 Å². The van der Waals surface area contributed by atoms with Crippen LogP contribution >= 0.6 is 0 Å². The summed E-state index contributed by atoms with van der Waals surface area (Å²) in [6.45, 7) is 1.12. The lowest BCUT2D eigenvalue weighted by molar-refractivity contribution is 0.173. The van der Waals surface area contributed by atoms with Crippen molar-refractivity contribution in [1.82, 2.24) is 0 Å². The van der Waals surface area contributed by atoms with Gasteiger partial charge >= 0.3 is 10.2 Å². The van der Waals surface area contributed by atoms with E-state index in [4.69, 9.17) is 0 Å². The fourth-order valence-electron chi connectivity index (χ4n) is 0.115. The minimum atomic E-state index is -4.48. The van der Waals surface area contributed by atoms with E-state index in [1.807, 2.05) is 0 Å². The Hall–Kier alpha value is -0.230. The van der Waals surface area contributed by atoms with E-state index in [1.54, 1.807) is 0 Å². The fraction of sp³-hybridized carbons (Fsp3) is 1.00. The smallest absolute Gasteiger partial charge is 0.329 e. The van der Waals surface area contributed by atoms with Crippen LogP contribution in [-0.2, 0) is 15.0 Å². The van der Waals surface area contributed by atoms with Crippen molar-refractivity contribution in [3.05, 3.63) is 0 Å². The molecule has 0 aromatic heterocycles. The van der Waals surface area contributed by atoms with Gasteiger partial charge in [0, 0.05) is 7.11 Å². The number of rotatable bonds is 2. The third-order valence-electron chi connectivity index (χ3n) is 0.728. The Kier molecular flexibility index (Phi) is 4.79. The summed E-state index contributed by atoms with van der Waals surface area (Å²) in [5.41, 5.74) is -1.34. The Bertz CT molecular complexity index is 152. The Morgan fingerprint density at radius 3 is 1.89 bits per heavy atom. The Morgan fingerprint density at radius 1 is 1.56 bits per heavy atom. The van der Waals surface area contributed by atoms with Crippen LogP contribution in [0.3, 0.4) is 0 Å². The summed E-state index contributed by atoms with van der Waals surface area (Å²) in [4.78, 5) is 0. The molecule has 0 bridgehead atoms. The highest BCUT2D eigenvalue weighted by molar-refractivity contribution is 7.86. The molecule has 0 heterocycles. The van der Waals surface area contributed by atoms with Crippen LogP contribution in [0.1, 0.15) is 6.92 Å². The third-order valence-corrected chi connectivity index (χ3v) is 1.71. The van der Waals surface area contributed by atoms with Gasteiger partial charge in [0.1, 0.15) is 0 Å². The molecule has 0 saturated carbocycles. The van der Waals surface area contributed by atoms with E-state index in [0.29, 0.717) is 0 Å². The van der Waals surface area contributed by atoms with Crippen molar-refractivity contribution >= 4 is 10.2 Å². The van der Waals surface area contributed by atoms with Crippen molar-refractivity contribution in [1.29, 1.82) is 0 Å². The van der Waals surface area contributed by atoms with Gasteiger partial charge in [-0.3, -0.25) is 4.70 Å². The van der Waals surface area contributed by atoms with E-state index in [-0.39, 0.29) is 4.70 Å². The summed E-state index contributed by atoms with van der Waals surface area (Å²) in [6.07, 6.45) is 0. The molecule has 3 nitrogen and oxygen atoms in total. The SMILES string of the molecule is COC(C)S(=O)(=O)F.F. The molecule has 0 fully saturated rings. The molecule has 6 heteroatoms. The van der Waals surface area contributed by atoms with E-state index < -0.39 is 15.7 Å². The molecule has 0 aliphatic heterocycles. The van der Waals surface area contributed by atoms with Gasteiger partial charge in [0.15, 0.2) is 5.44 Å². The maximum absolute atomic E-state index is 11.6. The van der Waals surface area contributed by atoms with Gasteiger partial charge in [0.2, 0.25) is 0 Å². The van der Waals surface area contributed by atoms with E-state index in [1.165, 1.54) is 0 Å². The lowest BCUT2D eigenvalue weighted by Gasteiger charge is -2.00. The number of hydrogen-bond donors (Lipinski definition) is 0. The summed E-state index contributed by atoms with van der Waals surface area (Å²) >= 11 is 0. The number of halogens is 2. The molecule has 0 amide bonds. The molecule has 0 aliphatic carbocycles. The zero-order valence-electron chi connectivity index (χ0n) is 5.00. The number of methoxy groups -OCH3 is 1. The average Bonchev–Trinajstić information content (AvgIpc) is 1.62. The minimum absolute atomic E-state index is 0. The van der Waals surface area contributed by atoms with Crippen LogP contribution < -0.4 is 0 Å². The first-order valence-electron chi connectivity index (χ1n) is 1.94. The second-order valence-corrected chi connectivity index (χ2v) is 2.89. The number of hydrogen-bond acceptors (Lipinski definition) is 3. The molecule has 0 aromatic rings. The van der Waals surface area contributed by atoms with Crippen LogP contribution in [0.15, 0.2) is 0 Å². The maximum Gasteiger partial charge on any atom is 0.329 e. The van der Waals surface area contributed by atoms with Crippen molar-refractivity contribution in [2.45, 2.75) is 12.4 Å². The summed E-state index contributed by atoms with van der Waals surface area (Å²) in [6, 6.07) is 0. The van der Waals surface area contributed by atoms with Crippen LogP contribution in [0, 0.1) is 0 Å². The Balaban J connectivity index is 0. The molecule has 0 spiro atoms. The van der Waals surface area contributed by atoms with E-state index >= 15 is 0 Å². The second-order valence-electron chi connectivity index (χ2n) is 1.28. The number of ether oxygens (including phenoxy) is 1. The lowest BCUT2D eigenvalue weighted by Crippen LogP contribution is -2.13. The minimum Gasteiger partial charge on any atom is -0.363 e. The lowest BCUT2D eigenvalue weighted by atomic mass is 10.9. The fourth-order valence-corrected chi connectivity index (χ4v) is 0.345.